The van der Waals surface area contributed by atoms with Crippen molar-refractivity contribution in [3.8, 4) is 22.9 Å². The van der Waals surface area contributed by atoms with Gasteiger partial charge in [-0.1, -0.05) is 49.3 Å². The zero-order valence-corrected chi connectivity index (χ0v) is 25.1. The molecule has 0 radical (unpaired) electrons. The molecule has 0 atom stereocenters. The lowest BCUT2D eigenvalue weighted by molar-refractivity contribution is -0.138. The first kappa shape index (κ1) is 38.4. The minimum atomic E-state index is -4.36. The molecule has 2 heterocycles. The lowest BCUT2D eigenvalue weighted by atomic mass is 10.1. The first-order valence-corrected chi connectivity index (χ1v) is 13.9. The third-order valence-corrected chi connectivity index (χ3v) is 6.53. The van der Waals surface area contributed by atoms with Crippen LogP contribution < -0.4 is 21.3 Å². The number of hydrogen-bond acceptors (Lipinski definition) is 10. The molecular formula is C34H34F6N8O2. The largest absolute Gasteiger partial charge is 0.416 e. The highest BCUT2D eigenvalue weighted by molar-refractivity contribution is 5.78. The molecule has 6 aromatic rings. The number of aromatic nitrogens is 4. The minimum Gasteiger partial charge on any atom is -0.403 e. The standard InChI is InChI=1S/C17H15F3N4O.C15H11F3N4O.2CH4/c1-24(2)16-23-22-15(25-16)13-5-3-4-6-14(13)21-12-9-7-11(8-10-12)17(18,19)20;16-15(17,18)9-5-7-10(8-6-9)20-12-4-2-1-3-11(12)13-21-22-14(19)23-13;;/h3-10,21H,1-2H3;1-8,20H,(H2,19,22);2*1H4. The fourth-order valence-electron chi connectivity index (χ4n) is 4.20. The zero-order valence-electron chi connectivity index (χ0n) is 25.1. The van der Waals surface area contributed by atoms with Gasteiger partial charge in [-0.25, -0.2) is 0 Å². The second-order valence-corrected chi connectivity index (χ2v) is 10.2. The van der Waals surface area contributed by atoms with Gasteiger partial charge in [-0.15, -0.1) is 10.2 Å². The topological polar surface area (TPSA) is 131 Å². The Balaban J connectivity index is 0.000000261. The summed E-state index contributed by atoms with van der Waals surface area (Å²) >= 11 is 0. The molecule has 0 saturated carbocycles. The van der Waals surface area contributed by atoms with Crippen molar-refractivity contribution >= 4 is 34.8 Å². The van der Waals surface area contributed by atoms with Gasteiger partial charge in [0.25, 0.3) is 11.8 Å². The molecule has 0 aliphatic heterocycles. The highest BCUT2D eigenvalue weighted by Crippen LogP contribution is 2.34. The van der Waals surface area contributed by atoms with Crippen LogP contribution in [0.1, 0.15) is 26.0 Å². The third kappa shape index (κ3) is 9.52. The summed E-state index contributed by atoms with van der Waals surface area (Å²) in [6.45, 7) is 0. The molecule has 0 aliphatic carbocycles. The number of halogens is 6. The maximum Gasteiger partial charge on any atom is 0.416 e. The summed E-state index contributed by atoms with van der Waals surface area (Å²) in [5, 5.41) is 21.4. The maximum absolute atomic E-state index is 12.6. The molecule has 50 heavy (non-hydrogen) atoms. The molecule has 6 rings (SSSR count). The van der Waals surface area contributed by atoms with Crippen LogP contribution in [0.4, 0.5) is 61.1 Å². The van der Waals surface area contributed by atoms with Crippen LogP contribution in [-0.2, 0) is 12.4 Å². The molecular weight excluding hydrogens is 666 g/mol. The highest BCUT2D eigenvalue weighted by Gasteiger charge is 2.30. The van der Waals surface area contributed by atoms with E-state index in [0.29, 0.717) is 45.8 Å². The van der Waals surface area contributed by atoms with Crippen LogP contribution in [0.3, 0.4) is 0 Å². The molecule has 0 unspecified atom stereocenters. The van der Waals surface area contributed by atoms with Gasteiger partial charge >= 0.3 is 24.4 Å². The fourth-order valence-corrected chi connectivity index (χ4v) is 4.20. The van der Waals surface area contributed by atoms with Crippen LogP contribution in [0.25, 0.3) is 22.9 Å². The van der Waals surface area contributed by atoms with Crippen LogP contribution in [0.5, 0.6) is 0 Å². The van der Waals surface area contributed by atoms with Crippen molar-refractivity contribution in [3.05, 3.63) is 108 Å². The summed E-state index contributed by atoms with van der Waals surface area (Å²) in [7, 11) is 3.56. The van der Waals surface area contributed by atoms with Crippen molar-refractivity contribution in [2.75, 3.05) is 35.4 Å². The van der Waals surface area contributed by atoms with E-state index in [9.17, 15) is 26.3 Å². The SMILES string of the molecule is C.C.CN(C)c1nnc(-c2ccccc2Nc2ccc(C(F)(F)F)cc2)o1.Nc1nnc(-c2ccccc2Nc2ccc(C(F)(F)F)cc2)o1. The number of nitrogen functional groups attached to an aromatic ring is 1. The first-order chi connectivity index (χ1) is 22.8. The average molecular weight is 701 g/mol. The lowest BCUT2D eigenvalue weighted by Crippen LogP contribution is -2.08. The Morgan fingerprint density at radius 2 is 0.960 bits per heavy atom. The van der Waals surface area contributed by atoms with E-state index in [1.807, 2.05) is 6.07 Å². The molecule has 0 aliphatic rings. The van der Waals surface area contributed by atoms with E-state index in [0.717, 1.165) is 24.3 Å². The van der Waals surface area contributed by atoms with Gasteiger partial charge in [0, 0.05) is 25.5 Å². The second kappa shape index (κ2) is 15.9. The molecule has 0 bridgehead atoms. The van der Waals surface area contributed by atoms with Gasteiger partial charge in [-0.05, 0) is 72.8 Å². The number of hydrogen-bond donors (Lipinski definition) is 3. The summed E-state index contributed by atoms with van der Waals surface area (Å²) in [4.78, 5) is 1.68. The average Bonchev–Trinajstić information content (AvgIpc) is 3.72. The number of para-hydroxylation sites is 2. The smallest absolute Gasteiger partial charge is 0.403 e. The van der Waals surface area contributed by atoms with Crippen LogP contribution in [0, 0.1) is 0 Å². The molecule has 10 nitrogen and oxygen atoms in total. The van der Waals surface area contributed by atoms with Crippen molar-refractivity contribution in [1.82, 2.24) is 20.4 Å². The number of anilines is 6. The molecule has 0 fully saturated rings. The van der Waals surface area contributed by atoms with Crippen LogP contribution in [-0.4, -0.2) is 34.5 Å². The quantitative estimate of drug-likeness (QED) is 0.138. The number of benzene rings is 4. The Bertz CT molecular complexity index is 1950. The fraction of sp³-hybridized carbons (Fsp3) is 0.176. The normalized spacial score (nSPS) is 11.0. The molecule has 0 saturated heterocycles. The molecule has 0 spiro atoms. The van der Waals surface area contributed by atoms with E-state index >= 15 is 0 Å². The van der Waals surface area contributed by atoms with E-state index in [-0.39, 0.29) is 26.8 Å². The van der Waals surface area contributed by atoms with Crippen molar-refractivity contribution in [2.24, 2.45) is 0 Å². The van der Waals surface area contributed by atoms with E-state index < -0.39 is 23.5 Å². The third-order valence-electron chi connectivity index (χ3n) is 6.53. The Labute approximate surface area is 284 Å². The van der Waals surface area contributed by atoms with E-state index in [1.54, 1.807) is 61.5 Å². The lowest BCUT2D eigenvalue weighted by Gasteiger charge is -2.11. The Kier molecular flexibility index (Phi) is 12.2. The molecule has 264 valence electrons. The van der Waals surface area contributed by atoms with Crippen molar-refractivity contribution in [3.63, 3.8) is 0 Å². The number of nitrogens with one attached hydrogen (secondary N) is 2. The Morgan fingerprint density at radius 1 is 0.560 bits per heavy atom. The van der Waals surface area contributed by atoms with Gasteiger partial charge < -0.3 is 30.1 Å². The number of nitrogens with two attached hydrogens (primary N) is 1. The van der Waals surface area contributed by atoms with E-state index in [1.165, 1.54) is 24.3 Å². The van der Waals surface area contributed by atoms with Crippen LogP contribution >= 0.6 is 0 Å². The van der Waals surface area contributed by atoms with Crippen molar-refractivity contribution < 1.29 is 35.2 Å². The molecule has 4 aromatic carbocycles. The zero-order chi connectivity index (χ0) is 34.5. The maximum atomic E-state index is 12.6. The number of nitrogens with zero attached hydrogens (tertiary/aromatic N) is 5. The summed E-state index contributed by atoms with van der Waals surface area (Å²) < 4.78 is 86.4. The first-order valence-electron chi connectivity index (χ1n) is 13.9. The molecule has 2 aromatic heterocycles. The summed E-state index contributed by atoms with van der Waals surface area (Å²) in [6, 6.07) is 24.0. The molecule has 0 amide bonds. The monoisotopic (exact) mass is 700 g/mol. The van der Waals surface area contributed by atoms with Gasteiger partial charge in [0.2, 0.25) is 0 Å². The van der Waals surface area contributed by atoms with Gasteiger partial charge in [0.05, 0.1) is 33.6 Å². The minimum absolute atomic E-state index is 0. The van der Waals surface area contributed by atoms with E-state index in [2.05, 4.69) is 31.0 Å². The summed E-state index contributed by atoms with van der Waals surface area (Å²) in [5.41, 5.74) is 7.53. The predicted molar refractivity (Wildman–Crippen MR) is 181 cm³/mol. The second-order valence-electron chi connectivity index (χ2n) is 10.2. The summed E-state index contributed by atoms with van der Waals surface area (Å²) in [6.07, 6.45) is -8.72. The van der Waals surface area contributed by atoms with Gasteiger partial charge in [-0.3, -0.25) is 0 Å². The summed E-state index contributed by atoms with van der Waals surface area (Å²) in [5.74, 6) is 0.538. The molecule has 4 N–H and O–H groups in total. The number of rotatable bonds is 7. The highest BCUT2D eigenvalue weighted by atomic mass is 19.4. The Morgan fingerprint density at radius 3 is 1.32 bits per heavy atom. The van der Waals surface area contributed by atoms with Gasteiger partial charge in [-0.2, -0.15) is 26.3 Å². The molecule has 16 heteroatoms. The predicted octanol–water partition coefficient (Wildman–Crippen LogP) is 9.92. The van der Waals surface area contributed by atoms with Crippen molar-refractivity contribution in [2.45, 2.75) is 27.2 Å². The van der Waals surface area contributed by atoms with Crippen LogP contribution in [0.15, 0.2) is 106 Å². The number of alkyl halides is 6. The Hall–Kier alpha value is -6.06. The van der Waals surface area contributed by atoms with Gasteiger partial charge in [0.1, 0.15) is 0 Å². The van der Waals surface area contributed by atoms with Crippen LogP contribution in [0.2, 0.25) is 0 Å². The van der Waals surface area contributed by atoms with Crippen molar-refractivity contribution in [1.29, 1.82) is 0 Å². The van der Waals surface area contributed by atoms with Gasteiger partial charge in [0.15, 0.2) is 0 Å². The van der Waals surface area contributed by atoms with E-state index in [4.69, 9.17) is 14.6 Å².